The minimum atomic E-state index is -1.96. The minimum absolute atomic E-state index is 0.0166. The van der Waals surface area contributed by atoms with Crippen LogP contribution in [0.5, 0.6) is 11.5 Å². The SMILES string of the molecule is C#CCN1C(=O)[C@](O)(CC(=O)c2ccc(OC)c(OC)c2)c2ccccc21. The van der Waals surface area contributed by atoms with Crippen molar-refractivity contribution in [3.8, 4) is 23.8 Å². The van der Waals surface area contributed by atoms with Gasteiger partial charge in [0.1, 0.15) is 0 Å². The summed E-state index contributed by atoms with van der Waals surface area (Å²) in [4.78, 5) is 27.0. The molecule has 2 aromatic carbocycles. The van der Waals surface area contributed by atoms with Crippen LogP contribution in [0.15, 0.2) is 42.5 Å². The molecule has 0 fully saturated rings. The van der Waals surface area contributed by atoms with E-state index in [0.29, 0.717) is 28.3 Å². The molecule has 1 N–H and O–H groups in total. The highest BCUT2D eigenvalue weighted by Gasteiger charge is 2.50. The number of anilines is 1. The van der Waals surface area contributed by atoms with Crippen LogP contribution in [0.2, 0.25) is 0 Å². The summed E-state index contributed by atoms with van der Waals surface area (Å²) in [6.07, 6.45) is 4.95. The molecule has 0 bridgehead atoms. The van der Waals surface area contributed by atoms with Crippen molar-refractivity contribution in [1.82, 2.24) is 0 Å². The topological polar surface area (TPSA) is 76.1 Å². The van der Waals surface area contributed by atoms with Gasteiger partial charge in [-0.05, 0) is 24.3 Å². The number of Topliss-reactive ketones (excluding diaryl/α,β-unsaturated/α-hetero) is 1. The molecule has 1 atom stereocenters. The molecular formula is C21H19NO5. The van der Waals surface area contributed by atoms with Gasteiger partial charge in [0.05, 0.1) is 32.9 Å². The van der Waals surface area contributed by atoms with E-state index in [1.807, 2.05) is 0 Å². The molecule has 27 heavy (non-hydrogen) atoms. The lowest BCUT2D eigenvalue weighted by Gasteiger charge is -2.22. The first-order valence-electron chi connectivity index (χ1n) is 8.28. The molecule has 1 aliphatic heterocycles. The Hall–Kier alpha value is -3.30. The standard InChI is InChI=1S/C21H19NO5/c1-4-11-22-16-8-6-5-7-15(16)21(25,20(22)24)13-17(23)14-9-10-18(26-2)19(12-14)27-3/h1,5-10,12,25H,11,13H2,2-3H3/t21-/m0/s1. The normalized spacial score (nSPS) is 18.0. The molecule has 0 aromatic heterocycles. The molecule has 0 radical (unpaired) electrons. The van der Waals surface area contributed by atoms with E-state index in [9.17, 15) is 14.7 Å². The molecule has 138 valence electrons. The number of para-hydroxylation sites is 1. The van der Waals surface area contributed by atoms with Gasteiger partial charge in [0, 0.05) is 11.1 Å². The maximum atomic E-state index is 12.8. The highest BCUT2D eigenvalue weighted by Crippen LogP contribution is 2.42. The number of benzene rings is 2. The average Bonchev–Trinajstić information content (AvgIpc) is 2.89. The Bertz CT molecular complexity index is 946. The number of methoxy groups -OCH3 is 2. The Balaban J connectivity index is 1.96. The number of hydrogen-bond donors (Lipinski definition) is 1. The Labute approximate surface area is 157 Å². The molecule has 0 saturated carbocycles. The number of ether oxygens (including phenoxy) is 2. The summed E-state index contributed by atoms with van der Waals surface area (Å²) in [5.74, 6) is 2.28. The van der Waals surface area contributed by atoms with Gasteiger partial charge in [-0.3, -0.25) is 14.5 Å². The first-order valence-corrected chi connectivity index (χ1v) is 8.28. The number of fused-ring (bicyclic) bond motifs is 1. The van der Waals surface area contributed by atoms with Crippen LogP contribution >= 0.6 is 0 Å². The van der Waals surface area contributed by atoms with E-state index in [2.05, 4.69) is 5.92 Å². The summed E-state index contributed by atoms with van der Waals surface area (Å²) in [5, 5.41) is 11.1. The average molecular weight is 365 g/mol. The van der Waals surface area contributed by atoms with Crippen molar-refractivity contribution in [1.29, 1.82) is 0 Å². The van der Waals surface area contributed by atoms with Crippen LogP contribution < -0.4 is 14.4 Å². The van der Waals surface area contributed by atoms with Gasteiger partial charge in [0.2, 0.25) is 0 Å². The molecule has 6 nitrogen and oxygen atoms in total. The Kier molecular flexibility index (Phi) is 4.89. The van der Waals surface area contributed by atoms with Gasteiger partial charge in [-0.2, -0.15) is 0 Å². The number of amides is 1. The first kappa shape index (κ1) is 18.5. The van der Waals surface area contributed by atoms with Gasteiger partial charge in [0.25, 0.3) is 5.91 Å². The van der Waals surface area contributed by atoms with Crippen molar-refractivity contribution in [3.05, 3.63) is 53.6 Å². The van der Waals surface area contributed by atoms with Crippen LogP contribution in [-0.2, 0) is 10.4 Å². The largest absolute Gasteiger partial charge is 0.493 e. The zero-order valence-corrected chi connectivity index (χ0v) is 15.1. The van der Waals surface area contributed by atoms with Gasteiger partial charge in [-0.15, -0.1) is 6.42 Å². The molecule has 6 heteroatoms. The molecule has 0 aliphatic carbocycles. The lowest BCUT2D eigenvalue weighted by Crippen LogP contribution is -2.42. The Morgan fingerprint density at radius 2 is 1.89 bits per heavy atom. The van der Waals surface area contributed by atoms with E-state index in [4.69, 9.17) is 15.9 Å². The molecule has 1 amide bonds. The lowest BCUT2D eigenvalue weighted by molar-refractivity contribution is -0.135. The number of carbonyl (C=O) groups excluding carboxylic acids is 2. The highest BCUT2D eigenvalue weighted by molar-refractivity contribution is 6.11. The third kappa shape index (κ3) is 3.03. The highest BCUT2D eigenvalue weighted by atomic mass is 16.5. The van der Waals surface area contributed by atoms with Gasteiger partial charge >= 0.3 is 0 Å². The van der Waals surface area contributed by atoms with Gasteiger partial charge in [-0.1, -0.05) is 24.1 Å². The molecule has 0 unspecified atom stereocenters. The van der Waals surface area contributed by atoms with E-state index < -0.39 is 23.7 Å². The van der Waals surface area contributed by atoms with Crippen LogP contribution in [0.1, 0.15) is 22.3 Å². The molecular weight excluding hydrogens is 346 g/mol. The number of hydrogen-bond acceptors (Lipinski definition) is 5. The summed E-state index contributed by atoms with van der Waals surface area (Å²) in [5.41, 5.74) is -0.763. The molecule has 1 aliphatic rings. The maximum absolute atomic E-state index is 12.8. The van der Waals surface area contributed by atoms with Gasteiger partial charge in [0.15, 0.2) is 22.9 Å². The zero-order chi connectivity index (χ0) is 19.6. The fourth-order valence-corrected chi connectivity index (χ4v) is 3.27. The van der Waals surface area contributed by atoms with Crippen LogP contribution in [0.4, 0.5) is 5.69 Å². The summed E-state index contributed by atoms with van der Waals surface area (Å²) in [6.45, 7) is 0.0166. The number of terminal acetylenes is 1. The van der Waals surface area contributed by atoms with Crippen molar-refractivity contribution in [2.45, 2.75) is 12.0 Å². The summed E-state index contributed by atoms with van der Waals surface area (Å²) in [6, 6.07) is 11.5. The fourth-order valence-electron chi connectivity index (χ4n) is 3.27. The Morgan fingerprint density at radius 1 is 1.19 bits per heavy atom. The fraction of sp³-hybridized carbons (Fsp3) is 0.238. The van der Waals surface area contributed by atoms with Crippen molar-refractivity contribution in [2.75, 3.05) is 25.7 Å². The third-order valence-electron chi connectivity index (χ3n) is 4.61. The Morgan fingerprint density at radius 3 is 2.56 bits per heavy atom. The van der Waals surface area contributed by atoms with Gasteiger partial charge < -0.3 is 14.6 Å². The summed E-state index contributed by atoms with van der Waals surface area (Å²) >= 11 is 0. The lowest BCUT2D eigenvalue weighted by atomic mass is 9.88. The second-order valence-corrected chi connectivity index (χ2v) is 6.14. The van der Waals surface area contributed by atoms with E-state index in [1.54, 1.807) is 36.4 Å². The van der Waals surface area contributed by atoms with Crippen LogP contribution in [-0.4, -0.2) is 37.6 Å². The minimum Gasteiger partial charge on any atom is -0.493 e. The molecule has 0 spiro atoms. The van der Waals surface area contributed by atoms with Crippen LogP contribution in [0.3, 0.4) is 0 Å². The van der Waals surface area contributed by atoms with Gasteiger partial charge in [-0.25, -0.2) is 0 Å². The van der Waals surface area contributed by atoms with Crippen LogP contribution in [0, 0.1) is 12.3 Å². The maximum Gasteiger partial charge on any atom is 0.265 e. The molecule has 1 heterocycles. The second kappa shape index (κ2) is 7.14. The van der Waals surface area contributed by atoms with E-state index in [0.717, 1.165) is 0 Å². The van der Waals surface area contributed by atoms with Crippen molar-refractivity contribution in [3.63, 3.8) is 0 Å². The number of rotatable bonds is 6. The van der Waals surface area contributed by atoms with Crippen molar-refractivity contribution >= 4 is 17.4 Å². The number of aliphatic hydroxyl groups is 1. The predicted octanol–water partition coefficient (Wildman–Crippen LogP) is 2.14. The second-order valence-electron chi connectivity index (χ2n) is 6.14. The summed E-state index contributed by atoms with van der Waals surface area (Å²) < 4.78 is 10.4. The van der Waals surface area contributed by atoms with Crippen LogP contribution in [0.25, 0.3) is 0 Å². The first-order chi connectivity index (χ1) is 13.0. The molecule has 2 aromatic rings. The zero-order valence-electron chi connectivity index (χ0n) is 15.1. The monoisotopic (exact) mass is 365 g/mol. The van der Waals surface area contributed by atoms with E-state index in [1.165, 1.54) is 25.2 Å². The molecule has 0 saturated heterocycles. The van der Waals surface area contributed by atoms with Crippen molar-refractivity contribution in [2.24, 2.45) is 0 Å². The van der Waals surface area contributed by atoms with E-state index in [-0.39, 0.29) is 6.54 Å². The number of nitrogens with zero attached hydrogens (tertiary/aromatic N) is 1. The molecule has 3 rings (SSSR count). The van der Waals surface area contributed by atoms with Crippen molar-refractivity contribution < 1.29 is 24.2 Å². The van der Waals surface area contributed by atoms with E-state index >= 15 is 0 Å². The number of ketones is 1. The number of carbonyl (C=O) groups is 2. The smallest absolute Gasteiger partial charge is 0.265 e. The predicted molar refractivity (Wildman–Crippen MR) is 100 cm³/mol. The third-order valence-corrected chi connectivity index (χ3v) is 4.61. The summed E-state index contributed by atoms with van der Waals surface area (Å²) in [7, 11) is 2.96. The quantitative estimate of drug-likeness (QED) is 0.627.